The Bertz CT molecular complexity index is 633. The fraction of sp³-hybridized carbons (Fsp3) is 0.471. The lowest BCUT2D eigenvalue weighted by molar-refractivity contribution is -0.119. The van der Waals surface area contributed by atoms with E-state index in [-0.39, 0.29) is 19.1 Å². The van der Waals surface area contributed by atoms with Gasteiger partial charge < -0.3 is 14.8 Å². The van der Waals surface area contributed by atoms with Crippen LogP contribution in [0.3, 0.4) is 0 Å². The smallest absolute Gasteiger partial charge is 0.321 e. The molecule has 0 saturated heterocycles. The van der Waals surface area contributed by atoms with Crippen LogP contribution in [-0.4, -0.2) is 25.2 Å². The van der Waals surface area contributed by atoms with Gasteiger partial charge in [0.2, 0.25) is 5.91 Å². The second-order valence-electron chi connectivity index (χ2n) is 5.58. The summed E-state index contributed by atoms with van der Waals surface area (Å²) >= 11 is 0. The van der Waals surface area contributed by atoms with Gasteiger partial charge in [0.1, 0.15) is 6.42 Å². The van der Waals surface area contributed by atoms with Crippen molar-refractivity contribution in [1.29, 1.82) is 5.26 Å². The summed E-state index contributed by atoms with van der Waals surface area (Å²) in [5.74, 6) is 0.680. The molecule has 0 heterocycles. The van der Waals surface area contributed by atoms with Crippen LogP contribution in [0, 0.1) is 11.3 Å². The SMILES string of the molecule is COc1ccc(CNC(=O)NC(=O)CC#N)cc1OC1CCCC1. The monoisotopic (exact) mass is 331 g/mol. The third-order valence-electron chi connectivity index (χ3n) is 3.77. The van der Waals surface area contributed by atoms with Crippen molar-refractivity contribution in [3.8, 4) is 17.6 Å². The Labute approximate surface area is 140 Å². The first kappa shape index (κ1) is 17.6. The van der Waals surface area contributed by atoms with Gasteiger partial charge >= 0.3 is 6.03 Å². The molecule has 0 aromatic heterocycles. The van der Waals surface area contributed by atoms with E-state index in [0.29, 0.717) is 11.5 Å². The van der Waals surface area contributed by atoms with Crippen LogP contribution < -0.4 is 20.1 Å². The molecule has 0 aliphatic heterocycles. The molecule has 2 rings (SSSR count). The van der Waals surface area contributed by atoms with E-state index in [0.717, 1.165) is 18.4 Å². The summed E-state index contributed by atoms with van der Waals surface area (Å²) in [6, 6.07) is 6.48. The number of methoxy groups -OCH3 is 1. The van der Waals surface area contributed by atoms with Crippen LogP contribution in [0.25, 0.3) is 0 Å². The molecule has 1 fully saturated rings. The molecule has 1 aromatic carbocycles. The quantitative estimate of drug-likeness (QED) is 0.832. The van der Waals surface area contributed by atoms with Gasteiger partial charge in [0, 0.05) is 6.54 Å². The molecular weight excluding hydrogens is 310 g/mol. The number of hydrogen-bond acceptors (Lipinski definition) is 5. The van der Waals surface area contributed by atoms with Crippen molar-refractivity contribution in [2.24, 2.45) is 0 Å². The average molecular weight is 331 g/mol. The van der Waals surface area contributed by atoms with E-state index >= 15 is 0 Å². The minimum Gasteiger partial charge on any atom is -0.493 e. The number of imide groups is 1. The molecule has 3 amide bonds. The predicted molar refractivity (Wildman–Crippen MR) is 86.5 cm³/mol. The number of rotatable bonds is 6. The highest BCUT2D eigenvalue weighted by Crippen LogP contribution is 2.32. The molecular formula is C17H21N3O4. The highest BCUT2D eigenvalue weighted by atomic mass is 16.5. The number of benzene rings is 1. The normalized spacial score (nSPS) is 13.8. The lowest BCUT2D eigenvalue weighted by atomic mass is 10.2. The van der Waals surface area contributed by atoms with Crippen LogP contribution in [0.1, 0.15) is 37.7 Å². The molecule has 0 atom stereocenters. The van der Waals surface area contributed by atoms with Crippen LogP contribution in [0.5, 0.6) is 11.5 Å². The standard InChI is InChI=1S/C17H21N3O4/c1-23-14-7-6-12(10-15(14)24-13-4-2-3-5-13)11-19-17(22)20-16(21)8-9-18/h6-7,10,13H,2-5,8,11H2,1H3,(H2,19,20,21,22). The summed E-state index contributed by atoms with van der Waals surface area (Å²) in [5, 5.41) is 13.0. The van der Waals surface area contributed by atoms with Gasteiger partial charge in [-0.25, -0.2) is 4.79 Å². The number of hydrogen-bond donors (Lipinski definition) is 2. The van der Waals surface area contributed by atoms with Gasteiger partial charge in [-0.3, -0.25) is 10.1 Å². The Morgan fingerprint density at radius 1 is 1.29 bits per heavy atom. The molecule has 7 nitrogen and oxygen atoms in total. The van der Waals surface area contributed by atoms with Gasteiger partial charge in [0.25, 0.3) is 0 Å². The van der Waals surface area contributed by atoms with Crippen molar-refractivity contribution in [2.75, 3.05) is 7.11 Å². The first-order valence-corrected chi connectivity index (χ1v) is 7.90. The molecule has 2 N–H and O–H groups in total. The van der Waals surface area contributed by atoms with Crippen LogP contribution in [0.2, 0.25) is 0 Å². The molecule has 1 aliphatic rings. The second kappa shape index (κ2) is 8.77. The van der Waals surface area contributed by atoms with Gasteiger partial charge in [-0.05, 0) is 43.4 Å². The molecule has 1 saturated carbocycles. The zero-order valence-electron chi connectivity index (χ0n) is 13.6. The fourth-order valence-corrected chi connectivity index (χ4v) is 2.58. The Hall–Kier alpha value is -2.75. The summed E-state index contributed by atoms with van der Waals surface area (Å²) in [7, 11) is 1.59. The molecule has 1 aliphatic carbocycles. The lowest BCUT2D eigenvalue weighted by Gasteiger charge is -2.17. The van der Waals surface area contributed by atoms with E-state index in [9.17, 15) is 9.59 Å². The third kappa shape index (κ3) is 5.16. The van der Waals surface area contributed by atoms with E-state index in [1.807, 2.05) is 12.1 Å². The first-order chi connectivity index (χ1) is 11.6. The van der Waals surface area contributed by atoms with E-state index < -0.39 is 11.9 Å². The van der Waals surface area contributed by atoms with Gasteiger partial charge in [0.05, 0.1) is 19.3 Å². The largest absolute Gasteiger partial charge is 0.493 e. The number of nitriles is 1. The minimum atomic E-state index is -0.635. The molecule has 0 spiro atoms. The van der Waals surface area contributed by atoms with Crippen molar-refractivity contribution < 1.29 is 19.1 Å². The third-order valence-corrected chi connectivity index (χ3v) is 3.77. The number of nitrogens with zero attached hydrogens (tertiary/aromatic N) is 1. The molecule has 1 aromatic rings. The van der Waals surface area contributed by atoms with Gasteiger partial charge in [-0.2, -0.15) is 5.26 Å². The Kier molecular flexibility index (Phi) is 6.43. The molecule has 24 heavy (non-hydrogen) atoms. The van der Waals surface area contributed by atoms with Gasteiger partial charge in [0.15, 0.2) is 11.5 Å². The maximum atomic E-state index is 11.6. The van der Waals surface area contributed by atoms with Crippen LogP contribution in [-0.2, 0) is 11.3 Å². The van der Waals surface area contributed by atoms with E-state index in [4.69, 9.17) is 14.7 Å². The number of nitrogens with one attached hydrogen (secondary N) is 2. The zero-order valence-corrected chi connectivity index (χ0v) is 13.6. The number of carbonyl (C=O) groups excluding carboxylic acids is 2. The molecule has 128 valence electrons. The Morgan fingerprint density at radius 3 is 2.71 bits per heavy atom. The summed E-state index contributed by atoms with van der Waals surface area (Å²) in [6.45, 7) is 0.233. The molecule has 0 radical (unpaired) electrons. The highest BCUT2D eigenvalue weighted by Gasteiger charge is 2.18. The summed E-state index contributed by atoms with van der Waals surface area (Å²) in [6.07, 6.45) is 4.27. The zero-order chi connectivity index (χ0) is 17.4. The summed E-state index contributed by atoms with van der Waals surface area (Å²) in [4.78, 5) is 22.7. The Balaban J connectivity index is 1.94. The number of amides is 3. The van der Waals surface area contributed by atoms with Crippen LogP contribution >= 0.6 is 0 Å². The lowest BCUT2D eigenvalue weighted by Crippen LogP contribution is -2.38. The van der Waals surface area contributed by atoms with Crippen molar-refractivity contribution in [3.63, 3.8) is 0 Å². The summed E-state index contributed by atoms with van der Waals surface area (Å²) < 4.78 is 11.3. The van der Waals surface area contributed by atoms with Crippen LogP contribution in [0.15, 0.2) is 18.2 Å². The molecule has 0 unspecified atom stereocenters. The number of ether oxygens (including phenoxy) is 2. The van der Waals surface area contributed by atoms with Crippen molar-refractivity contribution >= 4 is 11.9 Å². The topological polar surface area (TPSA) is 100 Å². The molecule has 7 heteroatoms. The summed E-state index contributed by atoms with van der Waals surface area (Å²) in [5.41, 5.74) is 0.826. The van der Waals surface area contributed by atoms with Crippen molar-refractivity contribution in [3.05, 3.63) is 23.8 Å². The van der Waals surface area contributed by atoms with E-state index in [1.54, 1.807) is 19.2 Å². The molecule has 0 bridgehead atoms. The Morgan fingerprint density at radius 2 is 2.04 bits per heavy atom. The maximum Gasteiger partial charge on any atom is 0.321 e. The average Bonchev–Trinajstić information content (AvgIpc) is 3.06. The van der Waals surface area contributed by atoms with E-state index in [1.165, 1.54) is 12.8 Å². The van der Waals surface area contributed by atoms with Crippen molar-refractivity contribution in [2.45, 2.75) is 44.8 Å². The fourth-order valence-electron chi connectivity index (χ4n) is 2.58. The van der Waals surface area contributed by atoms with E-state index in [2.05, 4.69) is 10.6 Å². The maximum absolute atomic E-state index is 11.6. The van der Waals surface area contributed by atoms with Gasteiger partial charge in [-0.1, -0.05) is 6.07 Å². The predicted octanol–water partition coefficient (Wildman–Crippen LogP) is 2.26. The first-order valence-electron chi connectivity index (χ1n) is 7.90. The van der Waals surface area contributed by atoms with Gasteiger partial charge in [-0.15, -0.1) is 0 Å². The number of carbonyl (C=O) groups is 2. The number of urea groups is 1. The van der Waals surface area contributed by atoms with Crippen molar-refractivity contribution in [1.82, 2.24) is 10.6 Å². The highest BCUT2D eigenvalue weighted by molar-refractivity contribution is 5.95. The van der Waals surface area contributed by atoms with Crippen LogP contribution in [0.4, 0.5) is 4.79 Å². The minimum absolute atomic E-state index is 0.203. The second-order valence-corrected chi connectivity index (χ2v) is 5.58.